The quantitative estimate of drug-likeness (QED) is 0.805. The number of hydrogen-bond acceptors (Lipinski definition) is 3. The number of aromatic amines is 1. The molecule has 0 spiro atoms. The summed E-state index contributed by atoms with van der Waals surface area (Å²) < 4.78 is 13.7. The monoisotopic (exact) mass is 250 g/mol. The lowest BCUT2D eigenvalue weighted by Gasteiger charge is -2.05. The number of carbonyl (C=O) groups is 1. The lowest BCUT2D eigenvalue weighted by Crippen LogP contribution is -2.32. The molecular weight excluding hydrogens is 243 g/mol. The maximum Gasteiger partial charge on any atom is 0.342 e. The highest BCUT2D eigenvalue weighted by molar-refractivity contribution is 5.86. The van der Waals surface area contributed by atoms with Crippen molar-refractivity contribution in [1.29, 1.82) is 0 Å². The number of carboxylic acids is 1. The third kappa shape index (κ3) is 2.05. The topological polar surface area (TPSA) is 92.2 Å². The van der Waals surface area contributed by atoms with E-state index in [0.29, 0.717) is 0 Å². The molecular formula is C11H7FN2O4. The van der Waals surface area contributed by atoms with Crippen LogP contribution < -0.4 is 11.2 Å². The minimum Gasteiger partial charge on any atom is -0.477 e. The molecule has 1 aromatic heterocycles. The third-order valence-electron chi connectivity index (χ3n) is 2.28. The second-order valence-electron chi connectivity index (χ2n) is 3.45. The van der Waals surface area contributed by atoms with Gasteiger partial charge in [-0.2, -0.15) is 0 Å². The predicted octanol–water partition coefficient (Wildman–Crippen LogP) is 0.363. The number of nitrogens with one attached hydrogen (secondary N) is 1. The van der Waals surface area contributed by atoms with Gasteiger partial charge in [-0.05, 0) is 24.3 Å². The van der Waals surface area contributed by atoms with E-state index in [-0.39, 0.29) is 5.69 Å². The molecule has 7 heteroatoms. The number of carboxylic acid groups (broad SMARTS) is 1. The highest BCUT2D eigenvalue weighted by atomic mass is 19.1. The number of nitrogens with zero attached hydrogens (tertiary/aromatic N) is 1. The Morgan fingerprint density at radius 2 is 1.83 bits per heavy atom. The zero-order valence-electron chi connectivity index (χ0n) is 8.88. The summed E-state index contributed by atoms with van der Waals surface area (Å²) in [6.07, 6.45) is 0.900. The van der Waals surface area contributed by atoms with E-state index >= 15 is 0 Å². The first-order valence-corrected chi connectivity index (χ1v) is 4.84. The summed E-state index contributed by atoms with van der Waals surface area (Å²) in [6.45, 7) is 0. The van der Waals surface area contributed by atoms with Gasteiger partial charge < -0.3 is 5.11 Å². The Balaban J connectivity index is 2.68. The van der Waals surface area contributed by atoms with Crippen LogP contribution in [0.5, 0.6) is 0 Å². The molecule has 0 aliphatic heterocycles. The van der Waals surface area contributed by atoms with Crippen LogP contribution in [0.15, 0.2) is 40.1 Å². The molecule has 0 saturated heterocycles. The van der Waals surface area contributed by atoms with E-state index in [1.54, 1.807) is 0 Å². The van der Waals surface area contributed by atoms with Gasteiger partial charge in [0.05, 0.1) is 5.69 Å². The van der Waals surface area contributed by atoms with Gasteiger partial charge in [-0.25, -0.2) is 14.0 Å². The Bertz CT molecular complexity index is 715. The normalized spacial score (nSPS) is 10.3. The predicted molar refractivity (Wildman–Crippen MR) is 59.6 cm³/mol. The van der Waals surface area contributed by atoms with E-state index in [0.717, 1.165) is 22.9 Å². The Morgan fingerprint density at radius 1 is 1.22 bits per heavy atom. The maximum atomic E-state index is 12.7. The largest absolute Gasteiger partial charge is 0.477 e. The van der Waals surface area contributed by atoms with Crippen LogP contribution in [0.4, 0.5) is 4.39 Å². The molecule has 0 aliphatic rings. The highest BCUT2D eigenvalue weighted by Gasteiger charge is 2.12. The summed E-state index contributed by atoms with van der Waals surface area (Å²) in [5.41, 5.74) is -2.10. The molecule has 1 aromatic carbocycles. The third-order valence-corrected chi connectivity index (χ3v) is 2.28. The van der Waals surface area contributed by atoms with Crippen molar-refractivity contribution in [2.45, 2.75) is 0 Å². The van der Waals surface area contributed by atoms with Crippen LogP contribution in [0, 0.1) is 5.82 Å². The summed E-state index contributed by atoms with van der Waals surface area (Å²) >= 11 is 0. The average Bonchev–Trinajstić information content (AvgIpc) is 2.30. The van der Waals surface area contributed by atoms with Crippen LogP contribution in [0.25, 0.3) is 5.69 Å². The van der Waals surface area contributed by atoms with Crippen molar-refractivity contribution < 1.29 is 14.3 Å². The summed E-state index contributed by atoms with van der Waals surface area (Å²) in [5, 5.41) is 8.78. The first kappa shape index (κ1) is 11.8. The molecule has 0 unspecified atom stereocenters. The number of aromatic nitrogens is 2. The van der Waals surface area contributed by atoms with Gasteiger partial charge in [0, 0.05) is 6.20 Å². The van der Waals surface area contributed by atoms with Crippen molar-refractivity contribution in [2.75, 3.05) is 0 Å². The molecule has 0 radical (unpaired) electrons. The molecule has 0 amide bonds. The number of halogens is 1. The molecule has 18 heavy (non-hydrogen) atoms. The minimum absolute atomic E-state index is 0.250. The van der Waals surface area contributed by atoms with Crippen LogP contribution in [-0.4, -0.2) is 20.6 Å². The highest BCUT2D eigenvalue weighted by Crippen LogP contribution is 2.06. The second-order valence-corrected chi connectivity index (χ2v) is 3.45. The van der Waals surface area contributed by atoms with Crippen molar-refractivity contribution in [1.82, 2.24) is 9.55 Å². The second kappa shape index (κ2) is 4.28. The fourth-order valence-corrected chi connectivity index (χ4v) is 1.42. The van der Waals surface area contributed by atoms with Crippen LogP contribution in [0.2, 0.25) is 0 Å². The molecule has 1 heterocycles. The fourth-order valence-electron chi connectivity index (χ4n) is 1.42. The number of aromatic carboxylic acids is 1. The molecule has 2 N–H and O–H groups in total. The maximum absolute atomic E-state index is 12.7. The SMILES string of the molecule is O=C(O)c1cn(-c2ccc(F)cc2)c(=O)[nH]c1=O. The number of hydrogen-bond donors (Lipinski definition) is 2. The Labute approximate surface area is 98.9 Å². The van der Waals surface area contributed by atoms with Gasteiger partial charge >= 0.3 is 11.7 Å². The molecule has 6 nitrogen and oxygen atoms in total. The minimum atomic E-state index is -1.45. The Morgan fingerprint density at radius 3 is 2.39 bits per heavy atom. The van der Waals surface area contributed by atoms with Crippen molar-refractivity contribution in [3.05, 3.63) is 62.7 Å². The zero-order chi connectivity index (χ0) is 13.3. The Kier molecular flexibility index (Phi) is 2.80. The van der Waals surface area contributed by atoms with E-state index < -0.39 is 28.6 Å². The van der Waals surface area contributed by atoms with Crippen LogP contribution >= 0.6 is 0 Å². The molecule has 0 bridgehead atoms. The van der Waals surface area contributed by atoms with Crippen LogP contribution in [-0.2, 0) is 0 Å². The molecule has 0 aliphatic carbocycles. The molecule has 92 valence electrons. The molecule has 2 rings (SSSR count). The van der Waals surface area contributed by atoms with Gasteiger partial charge in [0.1, 0.15) is 11.4 Å². The average molecular weight is 250 g/mol. The van der Waals surface area contributed by atoms with E-state index in [4.69, 9.17) is 5.11 Å². The number of rotatable bonds is 2. The smallest absolute Gasteiger partial charge is 0.342 e. The lowest BCUT2D eigenvalue weighted by atomic mass is 10.3. The fraction of sp³-hybridized carbons (Fsp3) is 0. The standard InChI is InChI=1S/C11H7FN2O4/c12-6-1-3-7(4-2-6)14-5-8(10(16)17)9(15)13-11(14)18/h1-5H,(H,16,17)(H,13,15,18). The number of H-pyrrole nitrogens is 1. The van der Waals surface area contributed by atoms with E-state index in [1.807, 2.05) is 4.98 Å². The van der Waals surface area contributed by atoms with Gasteiger partial charge in [0.2, 0.25) is 0 Å². The zero-order valence-corrected chi connectivity index (χ0v) is 8.88. The van der Waals surface area contributed by atoms with E-state index in [1.165, 1.54) is 12.1 Å². The molecule has 2 aromatic rings. The van der Waals surface area contributed by atoms with E-state index in [9.17, 15) is 18.8 Å². The van der Waals surface area contributed by atoms with Crippen molar-refractivity contribution in [3.63, 3.8) is 0 Å². The molecule has 0 atom stereocenters. The first-order valence-electron chi connectivity index (χ1n) is 4.84. The Hall–Kier alpha value is -2.70. The van der Waals surface area contributed by atoms with Gasteiger partial charge in [-0.1, -0.05) is 0 Å². The molecule has 0 saturated carbocycles. The lowest BCUT2D eigenvalue weighted by molar-refractivity contribution is 0.0694. The van der Waals surface area contributed by atoms with Gasteiger partial charge in [0.15, 0.2) is 0 Å². The van der Waals surface area contributed by atoms with Crippen LogP contribution in [0.1, 0.15) is 10.4 Å². The number of benzene rings is 1. The summed E-state index contributed by atoms with van der Waals surface area (Å²) in [5.74, 6) is -1.94. The summed E-state index contributed by atoms with van der Waals surface area (Å²) in [4.78, 5) is 35.4. The van der Waals surface area contributed by atoms with Crippen LogP contribution in [0.3, 0.4) is 0 Å². The van der Waals surface area contributed by atoms with Gasteiger partial charge in [0.25, 0.3) is 5.56 Å². The first-order chi connectivity index (χ1) is 8.49. The van der Waals surface area contributed by atoms with E-state index in [2.05, 4.69) is 0 Å². The van der Waals surface area contributed by atoms with Gasteiger partial charge in [-0.15, -0.1) is 0 Å². The summed E-state index contributed by atoms with van der Waals surface area (Å²) in [7, 11) is 0. The van der Waals surface area contributed by atoms with Gasteiger partial charge in [-0.3, -0.25) is 14.3 Å². The van der Waals surface area contributed by atoms with Crippen molar-refractivity contribution >= 4 is 5.97 Å². The van der Waals surface area contributed by atoms with Crippen molar-refractivity contribution in [3.8, 4) is 5.69 Å². The molecule has 0 fully saturated rings. The van der Waals surface area contributed by atoms with Crippen molar-refractivity contribution in [2.24, 2.45) is 0 Å². The summed E-state index contributed by atoms with van der Waals surface area (Å²) in [6, 6.07) is 4.82.